The molecule has 0 aliphatic heterocycles. The molecule has 0 N–H and O–H groups in total. The smallest absolute Gasteiger partial charge is 0.327 e. The average molecular weight is 253 g/mol. The minimum absolute atomic E-state index is 0.377. The molecule has 1 aromatic heterocycles. The van der Waals surface area contributed by atoms with Gasteiger partial charge in [-0.15, -0.1) is 0 Å². The van der Waals surface area contributed by atoms with Crippen molar-refractivity contribution in [1.82, 2.24) is 4.98 Å². The predicted octanol–water partition coefficient (Wildman–Crippen LogP) is 0.694. The molecule has 0 aliphatic carbocycles. The number of hydrogen-bond acceptors (Lipinski definition) is 6. The number of carbonyl (C=O) groups excluding carboxylic acids is 2. The van der Waals surface area contributed by atoms with E-state index in [-0.39, 0.29) is 0 Å². The number of esters is 2. The van der Waals surface area contributed by atoms with Crippen LogP contribution < -0.4 is 4.74 Å². The van der Waals surface area contributed by atoms with E-state index in [0.29, 0.717) is 11.4 Å². The zero-order chi connectivity index (χ0) is 13.8. The maximum absolute atomic E-state index is 11.8. The Morgan fingerprint density at radius 3 is 2.00 bits per heavy atom. The Balaban J connectivity index is 3.25. The summed E-state index contributed by atoms with van der Waals surface area (Å²) >= 11 is 0. The Labute approximate surface area is 105 Å². The van der Waals surface area contributed by atoms with Crippen LogP contribution in [0.1, 0.15) is 12.5 Å². The molecule has 0 aliphatic rings. The van der Waals surface area contributed by atoms with Gasteiger partial charge in [-0.1, -0.05) is 6.07 Å². The molecule has 1 heterocycles. The van der Waals surface area contributed by atoms with Gasteiger partial charge >= 0.3 is 11.9 Å². The average Bonchev–Trinajstić information content (AvgIpc) is 2.44. The molecule has 0 amide bonds. The van der Waals surface area contributed by atoms with Crippen LogP contribution in [-0.2, 0) is 24.5 Å². The molecular weight excluding hydrogens is 238 g/mol. The van der Waals surface area contributed by atoms with Crippen LogP contribution in [0, 0.1) is 0 Å². The van der Waals surface area contributed by atoms with Gasteiger partial charge in [0.05, 0.1) is 21.3 Å². The molecular formula is C12H15NO5. The van der Waals surface area contributed by atoms with Gasteiger partial charge in [0, 0.05) is 12.3 Å². The van der Waals surface area contributed by atoms with Crippen LogP contribution in [0.3, 0.4) is 0 Å². The van der Waals surface area contributed by atoms with E-state index < -0.39 is 17.4 Å². The highest BCUT2D eigenvalue weighted by atomic mass is 16.5. The monoisotopic (exact) mass is 253 g/mol. The van der Waals surface area contributed by atoms with Gasteiger partial charge in [0.1, 0.15) is 0 Å². The highest BCUT2D eigenvalue weighted by Crippen LogP contribution is 2.27. The van der Waals surface area contributed by atoms with E-state index in [1.165, 1.54) is 34.4 Å². The van der Waals surface area contributed by atoms with Crippen LogP contribution in [0.4, 0.5) is 0 Å². The maximum Gasteiger partial charge on any atom is 0.327 e. The zero-order valence-corrected chi connectivity index (χ0v) is 10.7. The zero-order valence-electron chi connectivity index (χ0n) is 10.7. The Hall–Kier alpha value is -2.11. The van der Waals surface area contributed by atoms with E-state index in [1.807, 2.05) is 0 Å². The number of aromatic nitrogens is 1. The summed E-state index contributed by atoms with van der Waals surface area (Å²) in [4.78, 5) is 27.6. The summed E-state index contributed by atoms with van der Waals surface area (Å²) in [5.74, 6) is -1.03. The number of nitrogens with zero attached hydrogens (tertiary/aromatic N) is 1. The molecule has 98 valence electrons. The van der Waals surface area contributed by atoms with Crippen molar-refractivity contribution in [1.29, 1.82) is 0 Å². The first kappa shape index (κ1) is 14.0. The first-order valence-electron chi connectivity index (χ1n) is 5.18. The molecule has 0 spiro atoms. The van der Waals surface area contributed by atoms with Crippen molar-refractivity contribution in [3.05, 3.63) is 23.9 Å². The summed E-state index contributed by atoms with van der Waals surface area (Å²) in [5, 5.41) is 0. The highest BCUT2D eigenvalue weighted by Gasteiger charge is 2.45. The molecule has 0 atom stereocenters. The summed E-state index contributed by atoms with van der Waals surface area (Å²) < 4.78 is 14.2. The minimum atomic E-state index is -1.54. The number of ether oxygens (including phenoxy) is 3. The molecule has 6 nitrogen and oxygen atoms in total. The van der Waals surface area contributed by atoms with E-state index in [4.69, 9.17) is 4.74 Å². The van der Waals surface area contributed by atoms with Crippen molar-refractivity contribution in [3.63, 3.8) is 0 Å². The van der Waals surface area contributed by atoms with Crippen LogP contribution in [-0.4, -0.2) is 38.3 Å². The maximum atomic E-state index is 11.8. The van der Waals surface area contributed by atoms with E-state index in [1.54, 1.807) is 12.1 Å². The van der Waals surface area contributed by atoms with Crippen molar-refractivity contribution in [2.75, 3.05) is 21.3 Å². The molecule has 1 aromatic rings. The van der Waals surface area contributed by atoms with Crippen LogP contribution in [0.5, 0.6) is 5.88 Å². The molecule has 0 radical (unpaired) electrons. The molecule has 0 saturated heterocycles. The number of hydrogen-bond donors (Lipinski definition) is 0. The largest absolute Gasteiger partial charge is 0.481 e. The van der Waals surface area contributed by atoms with Crippen LogP contribution in [0.2, 0.25) is 0 Å². The second-order valence-electron chi connectivity index (χ2n) is 3.70. The lowest BCUT2D eigenvalue weighted by molar-refractivity contribution is -0.161. The highest BCUT2D eigenvalue weighted by molar-refractivity contribution is 6.05. The van der Waals surface area contributed by atoms with Crippen LogP contribution >= 0.6 is 0 Å². The summed E-state index contributed by atoms with van der Waals surface area (Å²) in [6, 6.07) is 3.12. The Morgan fingerprint density at radius 2 is 1.67 bits per heavy atom. The van der Waals surface area contributed by atoms with Crippen molar-refractivity contribution >= 4 is 11.9 Å². The van der Waals surface area contributed by atoms with Crippen molar-refractivity contribution in [2.24, 2.45) is 0 Å². The van der Waals surface area contributed by atoms with Crippen molar-refractivity contribution in [3.8, 4) is 5.88 Å². The molecule has 0 aromatic carbocycles. The fourth-order valence-corrected chi connectivity index (χ4v) is 1.52. The van der Waals surface area contributed by atoms with Crippen molar-refractivity contribution < 1.29 is 23.8 Å². The molecule has 18 heavy (non-hydrogen) atoms. The number of rotatable bonds is 4. The second kappa shape index (κ2) is 5.48. The fourth-order valence-electron chi connectivity index (χ4n) is 1.52. The number of carbonyl (C=O) groups is 2. The number of methoxy groups -OCH3 is 3. The molecule has 0 saturated carbocycles. The van der Waals surface area contributed by atoms with Gasteiger partial charge in [-0.3, -0.25) is 9.59 Å². The van der Waals surface area contributed by atoms with E-state index in [2.05, 4.69) is 14.5 Å². The van der Waals surface area contributed by atoms with E-state index in [0.717, 1.165) is 0 Å². The Bertz CT molecular complexity index is 424. The van der Waals surface area contributed by atoms with Crippen LogP contribution in [0.25, 0.3) is 0 Å². The molecule has 1 rings (SSSR count). The minimum Gasteiger partial charge on any atom is -0.481 e. The molecule has 0 unspecified atom stereocenters. The van der Waals surface area contributed by atoms with Gasteiger partial charge in [-0.05, 0) is 12.5 Å². The van der Waals surface area contributed by atoms with Crippen LogP contribution in [0.15, 0.2) is 18.3 Å². The Morgan fingerprint density at radius 1 is 1.11 bits per heavy atom. The van der Waals surface area contributed by atoms with Gasteiger partial charge in [0.15, 0.2) is 5.41 Å². The third-order valence-corrected chi connectivity index (χ3v) is 2.71. The lowest BCUT2D eigenvalue weighted by Gasteiger charge is -2.23. The van der Waals surface area contributed by atoms with Gasteiger partial charge < -0.3 is 14.2 Å². The summed E-state index contributed by atoms with van der Waals surface area (Å²) in [6.45, 7) is 1.42. The lowest BCUT2D eigenvalue weighted by Crippen LogP contribution is -2.42. The number of pyridine rings is 1. The first-order chi connectivity index (χ1) is 8.50. The van der Waals surface area contributed by atoms with Crippen molar-refractivity contribution in [2.45, 2.75) is 12.3 Å². The topological polar surface area (TPSA) is 74.7 Å². The summed E-state index contributed by atoms with van der Waals surface area (Å²) in [6.07, 6.45) is 1.38. The van der Waals surface area contributed by atoms with E-state index in [9.17, 15) is 9.59 Å². The SMILES string of the molecule is COC(=O)C(C)(C(=O)OC)c1ccc(OC)nc1. The first-order valence-corrected chi connectivity index (χ1v) is 5.18. The van der Waals surface area contributed by atoms with Gasteiger partial charge in [0.2, 0.25) is 5.88 Å². The molecule has 6 heteroatoms. The lowest BCUT2D eigenvalue weighted by atomic mass is 9.83. The normalized spacial score (nSPS) is 10.7. The third kappa shape index (κ3) is 2.27. The van der Waals surface area contributed by atoms with Gasteiger partial charge in [-0.25, -0.2) is 4.98 Å². The summed E-state index contributed by atoms with van der Waals surface area (Å²) in [7, 11) is 3.89. The molecule has 0 fully saturated rings. The fraction of sp³-hybridized carbons (Fsp3) is 0.417. The molecule has 0 bridgehead atoms. The predicted molar refractivity (Wildman–Crippen MR) is 62.2 cm³/mol. The quantitative estimate of drug-likeness (QED) is 0.580. The Kier molecular flexibility index (Phi) is 4.25. The van der Waals surface area contributed by atoms with Gasteiger partial charge in [0.25, 0.3) is 0 Å². The summed E-state index contributed by atoms with van der Waals surface area (Å²) in [5.41, 5.74) is -1.16. The van der Waals surface area contributed by atoms with Gasteiger partial charge in [-0.2, -0.15) is 0 Å². The third-order valence-electron chi connectivity index (χ3n) is 2.71. The second-order valence-corrected chi connectivity index (χ2v) is 3.70. The standard InChI is InChI=1S/C12H15NO5/c1-12(10(14)17-3,11(15)18-4)8-5-6-9(16-2)13-7-8/h5-7H,1-4H3. The van der Waals surface area contributed by atoms with E-state index >= 15 is 0 Å².